The van der Waals surface area contributed by atoms with Gasteiger partial charge in [0.15, 0.2) is 11.5 Å². The van der Waals surface area contributed by atoms with E-state index in [1.54, 1.807) is 20.3 Å². The number of fused-ring (bicyclic) bond motifs is 5. The minimum absolute atomic E-state index is 0.0799. The zero-order valence-electron chi connectivity index (χ0n) is 20.0. The van der Waals surface area contributed by atoms with E-state index in [1.807, 2.05) is 30.3 Å². The minimum atomic E-state index is -0.0799. The Morgan fingerprint density at radius 1 is 1.09 bits per heavy atom. The largest absolute Gasteiger partial charge is 0.504 e. The molecule has 3 aliphatic rings. The number of methoxy groups -OCH3 is 2. The number of hydrogen-bond acceptors (Lipinski definition) is 7. The summed E-state index contributed by atoms with van der Waals surface area (Å²) in [5.41, 5.74) is 4.80. The van der Waals surface area contributed by atoms with E-state index in [1.165, 1.54) is 0 Å². The molecular formula is C27H32N2O5. The first-order chi connectivity index (χ1) is 16.5. The van der Waals surface area contributed by atoms with Crippen LogP contribution in [0.2, 0.25) is 0 Å². The van der Waals surface area contributed by atoms with Crippen LogP contribution in [0.5, 0.6) is 17.2 Å². The third kappa shape index (κ3) is 3.67. The average Bonchev–Trinajstić information content (AvgIpc) is 3.20. The maximum atomic E-state index is 10.5. The number of oxime groups is 2. The molecule has 2 fully saturated rings. The van der Waals surface area contributed by atoms with Gasteiger partial charge in [-0.1, -0.05) is 29.4 Å². The smallest absolute Gasteiger partial charge is 0.160 e. The van der Waals surface area contributed by atoms with Gasteiger partial charge in [0.05, 0.1) is 25.6 Å². The van der Waals surface area contributed by atoms with Gasteiger partial charge in [0.2, 0.25) is 0 Å². The van der Waals surface area contributed by atoms with Crippen LogP contribution in [0.25, 0.3) is 0 Å². The topological polar surface area (TPSA) is 92.9 Å². The molecule has 0 heterocycles. The third-order valence-electron chi connectivity index (χ3n) is 8.35. The first-order valence-corrected chi connectivity index (χ1v) is 11.9. The fraction of sp³-hybridized carbons (Fsp3) is 0.481. The van der Waals surface area contributed by atoms with Gasteiger partial charge >= 0.3 is 0 Å². The monoisotopic (exact) mass is 464 g/mol. The number of benzene rings is 2. The molecule has 0 amide bonds. The van der Waals surface area contributed by atoms with E-state index in [9.17, 15) is 10.3 Å². The van der Waals surface area contributed by atoms with Crippen LogP contribution in [0.15, 0.2) is 46.7 Å². The highest BCUT2D eigenvalue weighted by Crippen LogP contribution is 2.60. The molecule has 0 aliphatic heterocycles. The Kier molecular flexibility index (Phi) is 5.88. The highest BCUT2D eigenvalue weighted by atomic mass is 16.6. The van der Waals surface area contributed by atoms with Crippen LogP contribution in [-0.4, -0.2) is 36.0 Å². The molecule has 0 spiro atoms. The van der Waals surface area contributed by atoms with Crippen molar-refractivity contribution in [2.45, 2.75) is 51.6 Å². The molecule has 2 N–H and O–H groups in total. The molecule has 5 rings (SSSR count). The molecule has 180 valence electrons. The number of nitrogens with zero attached hydrogens (tertiary/aromatic N) is 2. The first kappa shape index (κ1) is 22.6. The summed E-state index contributed by atoms with van der Waals surface area (Å²) in [4.78, 5) is 5.82. The van der Waals surface area contributed by atoms with Gasteiger partial charge in [-0.25, -0.2) is 0 Å². The van der Waals surface area contributed by atoms with Gasteiger partial charge in [0.1, 0.15) is 12.4 Å². The lowest BCUT2D eigenvalue weighted by atomic mass is 9.55. The molecule has 0 unspecified atom stereocenters. The molecular weight excluding hydrogens is 432 g/mol. The van der Waals surface area contributed by atoms with Crippen LogP contribution in [0.4, 0.5) is 0 Å². The number of hydrogen-bond donors (Lipinski definition) is 2. The van der Waals surface area contributed by atoms with E-state index >= 15 is 0 Å². The lowest BCUT2D eigenvalue weighted by Gasteiger charge is -2.48. The molecule has 4 atom stereocenters. The summed E-state index contributed by atoms with van der Waals surface area (Å²) >= 11 is 0. The molecule has 2 aromatic rings. The fourth-order valence-corrected chi connectivity index (χ4v) is 6.54. The number of aromatic hydroxyl groups is 1. The molecule has 0 aromatic heterocycles. The average molecular weight is 465 g/mol. The minimum Gasteiger partial charge on any atom is -0.504 e. The van der Waals surface area contributed by atoms with Gasteiger partial charge in [0.25, 0.3) is 0 Å². The second-order valence-electron chi connectivity index (χ2n) is 9.89. The fourth-order valence-electron chi connectivity index (χ4n) is 6.54. The maximum absolute atomic E-state index is 10.5. The molecule has 0 bridgehead atoms. The van der Waals surface area contributed by atoms with Crippen molar-refractivity contribution in [3.05, 3.63) is 53.1 Å². The van der Waals surface area contributed by atoms with Crippen molar-refractivity contribution in [3.8, 4) is 17.2 Å². The summed E-state index contributed by atoms with van der Waals surface area (Å²) in [5, 5.41) is 28.4. The standard InChI is InChI=1S/C27H32N2O5/c1-27-11-10-18-19-14-25(33-3)24(30)13-21(19)23(12-20(18)22(27)8-9-26(27)28-31)29-34-15-16-4-6-17(32-2)7-5-16/h4-7,13-14,18,20,22,30-31H,8-12,15H2,1-3H3/b28-26+,29-23+/t18-,20-,22+,27+/m1/s1. The Morgan fingerprint density at radius 2 is 1.88 bits per heavy atom. The third-order valence-corrected chi connectivity index (χ3v) is 8.35. The zero-order valence-corrected chi connectivity index (χ0v) is 20.0. The summed E-state index contributed by atoms with van der Waals surface area (Å²) in [7, 11) is 3.22. The lowest BCUT2D eigenvalue weighted by Crippen LogP contribution is -2.43. The number of rotatable bonds is 5. The summed E-state index contributed by atoms with van der Waals surface area (Å²) in [6.45, 7) is 2.60. The molecule has 2 aromatic carbocycles. The molecule has 34 heavy (non-hydrogen) atoms. The second kappa shape index (κ2) is 8.85. The van der Waals surface area contributed by atoms with Crippen LogP contribution in [0.1, 0.15) is 61.6 Å². The molecule has 0 radical (unpaired) electrons. The predicted molar refractivity (Wildman–Crippen MR) is 129 cm³/mol. The Labute approximate surface area is 200 Å². The Balaban J connectivity index is 1.48. The van der Waals surface area contributed by atoms with Crippen molar-refractivity contribution in [2.24, 2.45) is 27.6 Å². The van der Waals surface area contributed by atoms with Crippen molar-refractivity contribution in [2.75, 3.05) is 14.2 Å². The predicted octanol–water partition coefficient (Wildman–Crippen LogP) is 5.47. The zero-order chi connectivity index (χ0) is 23.9. The lowest BCUT2D eigenvalue weighted by molar-refractivity contribution is 0.103. The summed E-state index contributed by atoms with van der Waals surface area (Å²) in [5.74, 6) is 2.52. The van der Waals surface area contributed by atoms with Gasteiger partial charge in [-0.2, -0.15) is 0 Å². The Hall–Kier alpha value is -3.22. The van der Waals surface area contributed by atoms with Crippen molar-refractivity contribution in [3.63, 3.8) is 0 Å². The van der Waals surface area contributed by atoms with Crippen molar-refractivity contribution in [1.82, 2.24) is 0 Å². The molecule has 7 heteroatoms. The van der Waals surface area contributed by atoms with Crippen molar-refractivity contribution in [1.29, 1.82) is 0 Å². The summed E-state index contributed by atoms with van der Waals surface area (Å²) < 4.78 is 10.7. The second-order valence-corrected chi connectivity index (χ2v) is 9.89. The van der Waals surface area contributed by atoms with Gasteiger partial charge in [-0.05, 0) is 85.3 Å². The Morgan fingerprint density at radius 3 is 2.59 bits per heavy atom. The number of phenolic OH excluding ortho intramolecular Hbond substituents is 1. The highest BCUT2D eigenvalue weighted by molar-refractivity contribution is 6.04. The molecule has 3 aliphatic carbocycles. The van der Waals surface area contributed by atoms with Crippen LogP contribution in [0, 0.1) is 17.3 Å². The van der Waals surface area contributed by atoms with Crippen LogP contribution >= 0.6 is 0 Å². The van der Waals surface area contributed by atoms with Crippen molar-refractivity contribution < 1.29 is 24.6 Å². The van der Waals surface area contributed by atoms with Gasteiger partial charge in [0, 0.05) is 11.0 Å². The van der Waals surface area contributed by atoms with Gasteiger partial charge in [-0.3, -0.25) is 0 Å². The van der Waals surface area contributed by atoms with Gasteiger partial charge in [-0.15, -0.1) is 0 Å². The summed E-state index contributed by atoms with van der Waals surface area (Å²) in [6, 6.07) is 11.5. The van der Waals surface area contributed by atoms with E-state index < -0.39 is 0 Å². The van der Waals surface area contributed by atoms with E-state index in [0.29, 0.717) is 30.1 Å². The SMILES string of the molecule is COc1ccc(CO/N=C2\C[C@@H]3[C@H](CC[C@]4(C)/C(=N/O)CC[C@@H]34)c3cc(OC)c(O)cc32)cc1. The Bertz CT molecular complexity index is 1130. The van der Waals surface area contributed by atoms with E-state index in [0.717, 1.165) is 66.0 Å². The first-order valence-electron chi connectivity index (χ1n) is 11.9. The van der Waals surface area contributed by atoms with Crippen LogP contribution in [-0.2, 0) is 11.4 Å². The van der Waals surface area contributed by atoms with E-state index in [2.05, 4.69) is 17.2 Å². The molecule has 0 saturated heterocycles. The number of phenols is 1. The van der Waals surface area contributed by atoms with Crippen LogP contribution in [0.3, 0.4) is 0 Å². The van der Waals surface area contributed by atoms with Crippen LogP contribution < -0.4 is 9.47 Å². The normalized spacial score (nSPS) is 29.9. The van der Waals surface area contributed by atoms with Crippen molar-refractivity contribution >= 4 is 11.4 Å². The maximum Gasteiger partial charge on any atom is 0.160 e. The summed E-state index contributed by atoms with van der Waals surface area (Å²) in [6.07, 6.45) is 4.61. The van der Waals surface area contributed by atoms with E-state index in [4.69, 9.17) is 14.3 Å². The quantitative estimate of drug-likeness (QED) is 0.452. The molecule has 7 nitrogen and oxygen atoms in total. The molecule has 2 saturated carbocycles. The highest BCUT2D eigenvalue weighted by Gasteiger charge is 2.54. The number of ether oxygens (including phenoxy) is 2. The van der Waals surface area contributed by atoms with E-state index in [-0.39, 0.29) is 11.2 Å². The van der Waals surface area contributed by atoms with Gasteiger partial charge < -0.3 is 24.6 Å².